The van der Waals surface area contributed by atoms with E-state index in [4.69, 9.17) is 15.2 Å². The summed E-state index contributed by atoms with van der Waals surface area (Å²) in [5, 5.41) is 19.6. The summed E-state index contributed by atoms with van der Waals surface area (Å²) in [6.07, 6.45) is -4.94. The Hall–Kier alpha value is -3.35. The minimum Gasteiger partial charge on any atom is -0.507 e. The molecule has 0 fully saturated rings. The molecule has 1 atom stereocenters. The molecule has 27 heavy (non-hydrogen) atoms. The van der Waals surface area contributed by atoms with Gasteiger partial charge in [0.25, 0.3) is 0 Å². The number of rotatable bonds is 4. The van der Waals surface area contributed by atoms with Crippen molar-refractivity contribution in [1.29, 1.82) is 5.26 Å². The summed E-state index contributed by atoms with van der Waals surface area (Å²) in [6.45, 7) is 3.02. The summed E-state index contributed by atoms with van der Waals surface area (Å²) in [5.41, 5.74) is 5.38. The summed E-state index contributed by atoms with van der Waals surface area (Å²) < 4.78 is 50.9. The van der Waals surface area contributed by atoms with E-state index in [1.54, 1.807) is 13.0 Å². The van der Waals surface area contributed by atoms with Crippen LogP contribution in [0.25, 0.3) is 0 Å². The zero-order valence-electron chi connectivity index (χ0n) is 14.3. The molecule has 1 unspecified atom stereocenters. The molecular weight excluding hydrogens is 369 g/mol. The molecule has 3 N–H and O–H groups in total. The molecule has 144 valence electrons. The van der Waals surface area contributed by atoms with Gasteiger partial charge in [-0.2, -0.15) is 5.26 Å². The van der Waals surface area contributed by atoms with E-state index in [0.29, 0.717) is 0 Å². The van der Waals surface area contributed by atoms with Crippen molar-refractivity contribution in [3.8, 4) is 17.6 Å². The van der Waals surface area contributed by atoms with Gasteiger partial charge in [0.2, 0.25) is 5.88 Å². The van der Waals surface area contributed by atoms with Gasteiger partial charge in [-0.15, -0.1) is 13.2 Å². The molecule has 2 rings (SSSR count). The van der Waals surface area contributed by atoms with Crippen LogP contribution in [-0.4, -0.2) is 24.0 Å². The molecule has 0 spiro atoms. The lowest BCUT2D eigenvalue weighted by atomic mass is 9.82. The number of esters is 1. The van der Waals surface area contributed by atoms with E-state index in [-0.39, 0.29) is 35.0 Å². The van der Waals surface area contributed by atoms with Crippen molar-refractivity contribution in [3.63, 3.8) is 0 Å². The number of phenols is 1. The van der Waals surface area contributed by atoms with E-state index in [0.717, 1.165) is 18.2 Å². The lowest BCUT2D eigenvalue weighted by molar-refractivity contribution is -0.274. The average Bonchev–Trinajstić information content (AvgIpc) is 2.53. The van der Waals surface area contributed by atoms with E-state index in [9.17, 15) is 28.3 Å². The first-order valence-electron chi connectivity index (χ1n) is 7.63. The molecule has 0 bridgehead atoms. The van der Waals surface area contributed by atoms with Crippen LogP contribution >= 0.6 is 0 Å². The van der Waals surface area contributed by atoms with Crippen LogP contribution in [0.3, 0.4) is 0 Å². The van der Waals surface area contributed by atoms with Gasteiger partial charge in [0, 0.05) is 11.6 Å². The molecule has 0 aromatic heterocycles. The highest BCUT2D eigenvalue weighted by Crippen LogP contribution is 2.43. The van der Waals surface area contributed by atoms with E-state index in [1.807, 2.05) is 0 Å². The van der Waals surface area contributed by atoms with Crippen molar-refractivity contribution >= 4 is 5.97 Å². The van der Waals surface area contributed by atoms with Crippen LogP contribution in [0.15, 0.2) is 41.0 Å². The number of hydrogen-bond acceptors (Lipinski definition) is 7. The highest BCUT2D eigenvalue weighted by Gasteiger charge is 2.38. The van der Waals surface area contributed by atoms with E-state index < -0.39 is 29.7 Å². The Morgan fingerprint density at radius 2 is 2.11 bits per heavy atom. The number of nitriles is 1. The minimum atomic E-state index is -4.94. The average molecular weight is 384 g/mol. The zero-order chi connectivity index (χ0) is 20.4. The molecule has 1 aromatic rings. The van der Waals surface area contributed by atoms with E-state index >= 15 is 0 Å². The molecule has 0 saturated heterocycles. The van der Waals surface area contributed by atoms with Gasteiger partial charge in [0.1, 0.15) is 28.9 Å². The molecule has 1 aliphatic rings. The summed E-state index contributed by atoms with van der Waals surface area (Å²) in [4.78, 5) is 12.3. The van der Waals surface area contributed by atoms with Crippen LogP contribution in [0.5, 0.6) is 11.5 Å². The molecule has 0 saturated carbocycles. The number of halogens is 3. The number of carbonyl (C=O) groups is 1. The Kier molecular flexibility index (Phi) is 5.54. The van der Waals surface area contributed by atoms with Crippen LogP contribution in [0, 0.1) is 11.3 Å². The molecule has 1 aliphatic heterocycles. The first-order chi connectivity index (χ1) is 12.6. The number of aromatic hydroxyl groups is 1. The number of benzene rings is 1. The molecule has 0 aliphatic carbocycles. The first kappa shape index (κ1) is 20.0. The molecule has 10 heteroatoms. The Labute approximate surface area is 152 Å². The Bertz CT molecular complexity index is 868. The van der Waals surface area contributed by atoms with Crippen LogP contribution in [0.4, 0.5) is 13.2 Å². The summed E-state index contributed by atoms with van der Waals surface area (Å²) in [5.74, 6) is -3.52. The molecule has 0 amide bonds. The largest absolute Gasteiger partial charge is 0.573 e. The second kappa shape index (κ2) is 7.49. The smallest absolute Gasteiger partial charge is 0.507 e. The van der Waals surface area contributed by atoms with Crippen LogP contribution < -0.4 is 10.5 Å². The summed E-state index contributed by atoms with van der Waals surface area (Å²) >= 11 is 0. The van der Waals surface area contributed by atoms with Gasteiger partial charge < -0.3 is 25.1 Å². The fourth-order valence-electron chi connectivity index (χ4n) is 2.63. The Morgan fingerprint density at radius 1 is 1.44 bits per heavy atom. The fourth-order valence-corrected chi connectivity index (χ4v) is 2.63. The van der Waals surface area contributed by atoms with Crippen molar-refractivity contribution < 1.29 is 37.3 Å². The zero-order valence-corrected chi connectivity index (χ0v) is 14.3. The topological polar surface area (TPSA) is 115 Å². The first-order valence-corrected chi connectivity index (χ1v) is 7.63. The number of allylic oxidation sites excluding steroid dienone is 2. The number of carbonyl (C=O) groups excluding carboxylic acids is 1. The van der Waals surface area contributed by atoms with Gasteiger partial charge >= 0.3 is 12.3 Å². The maximum Gasteiger partial charge on any atom is 0.573 e. The van der Waals surface area contributed by atoms with Gasteiger partial charge in [0.15, 0.2) is 0 Å². The van der Waals surface area contributed by atoms with Crippen LogP contribution in [-0.2, 0) is 14.3 Å². The van der Waals surface area contributed by atoms with Crippen molar-refractivity contribution in [2.24, 2.45) is 5.73 Å². The summed E-state index contributed by atoms with van der Waals surface area (Å²) in [6, 6.07) is 4.57. The number of nitrogens with two attached hydrogens (primary N) is 1. The third kappa shape index (κ3) is 4.25. The third-order valence-electron chi connectivity index (χ3n) is 3.65. The van der Waals surface area contributed by atoms with E-state index in [1.165, 1.54) is 6.92 Å². The third-order valence-corrected chi connectivity index (χ3v) is 3.65. The van der Waals surface area contributed by atoms with Gasteiger partial charge in [-0.1, -0.05) is 6.07 Å². The number of nitrogens with zero attached hydrogens (tertiary/aromatic N) is 1. The van der Waals surface area contributed by atoms with Crippen LogP contribution in [0.2, 0.25) is 0 Å². The fraction of sp³-hybridized carbons (Fsp3) is 0.294. The Balaban J connectivity index is 2.58. The molecule has 1 heterocycles. The predicted molar refractivity (Wildman–Crippen MR) is 84.8 cm³/mol. The monoisotopic (exact) mass is 384 g/mol. The predicted octanol–water partition coefficient (Wildman–Crippen LogP) is 2.94. The molecular formula is C17H15F3N2O5. The SMILES string of the molecule is CCOC(=O)C1=C(C)OC(N)=C(C#N)C1c1ccc(OC(F)(F)F)cc1O. The lowest BCUT2D eigenvalue weighted by Crippen LogP contribution is -2.25. The second-order valence-electron chi connectivity index (χ2n) is 5.38. The van der Waals surface area contributed by atoms with E-state index in [2.05, 4.69) is 4.74 Å². The quantitative estimate of drug-likeness (QED) is 0.767. The maximum atomic E-state index is 12.3. The lowest BCUT2D eigenvalue weighted by Gasteiger charge is -2.27. The maximum absolute atomic E-state index is 12.3. The molecule has 1 aromatic carbocycles. The number of hydrogen-bond donors (Lipinski definition) is 2. The van der Waals surface area contributed by atoms with Gasteiger partial charge in [-0.25, -0.2) is 4.79 Å². The number of ether oxygens (including phenoxy) is 3. The van der Waals surface area contributed by atoms with Crippen molar-refractivity contribution in [1.82, 2.24) is 0 Å². The molecule has 7 nitrogen and oxygen atoms in total. The second-order valence-corrected chi connectivity index (χ2v) is 5.38. The minimum absolute atomic E-state index is 0.0327. The van der Waals surface area contributed by atoms with Gasteiger partial charge in [-0.05, 0) is 19.9 Å². The van der Waals surface area contributed by atoms with Crippen molar-refractivity contribution in [3.05, 3.63) is 46.6 Å². The molecule has 0 radical (unpaired) electrons. The Morgan fingerprint density at radius 3 is 2.63 bits per heavy atom. The standard InChI is InChI=1S/C17H15F3N2O5/c1-3-25-16(24)13-8(2)26-15(22)11(7-21)14(13)10-5-4-9(6-12(10)23)27-17(18,19)20/h4-6,14,23H,3,22H2,1-2H3. The van der Waals surface area contributed by atoms with Gasteiger partial charge in [-0.3, -0.25) is 0 Å². The number of phenolic OH excluding ortho intramolecular Hbond substituents is 1. The van der Waals surface area contributed by atoms with Crippen molar-refractivity contribution in [2.75, 3.05) is 6.61 Å². The van der Waals surface area contributed by atoms with Crippen LogP contribution in [0.1, 0.15) is 25.3 Å². The normalized spacial score (nSPS) is 17.3. The number of alkyl halides is 3. The highest BCUT2D eigenvalue weighted by molar-refractivity contribution is 5.92. The van der Waals surface area contributed by atoms with Crippen molar-refractivity contribution in [2.45, 2.75) is 26.1 Å². The summed E-state index contributed by atoms with van der Waals surface area (Å²) in [7, 11) is 0. The van der Waals surface area contributed by atoms with Gasteiger partial charge in [0.05, 0.1) is 18.1 Å². The highest BCUT2D eigenvalue weighted by atomic mass is 19.4.